The van der Waals surface area contributed by atoms with Gasteiger partial charge in [-0.3, -0.25) is 4.57 Å². The summed E-state index contributed by atoms with van der Waals surface area (Å²) in [6.07, 6.45) is 2.67. The van der Waals surface area contributed by atoms with Crippen LogP contribution in [0.4, 0.5) is 0 Å². The Bertz CT molecular complexity index is 359. The van der Waals surface area contributed by atoms with Gasteiger partial charge in [0, 0.05) is 6.54 Å². The van der Waals surface area contributed by atoms with Crippen LogP contribution in [-0.4, -0.2) is 27.4 Å². The zero-order valence-corrected chi connectivity index (χ0v) is 8.60. The summed E-state index contributed by atoms with van der Waals surface area (Å²) in [7, 11) is 0. The Hall–Kier alpha value is -1.10. The molecule has 1 fully saturated rings. The van der Waals surface area contributed by atoms with E-state index in [9.17, 15) is 4.79 Å². The van der Waals surface area contributed by atoms with E-state index in [2.05, 4.69) is 10.4 Å². The Morgan fingerprint density at radius 3 is 2.93 bits per heavy atom. The first-order valence-electron chi connectivity index (χ1n) is 5.06. The highest BCUT2D eigenvalue weighted by atomic mass is 16.2. The van der Waals surface area contributed by atoms with E-state index in [0.717, 1.165) is 19.5 Å². The van der Waals surface area contributed by atoms with Gasteiger partial charge in [0.2, 0.25) is 0 Å². The highest BCUT2D eigenvalue weighted by Gasteiger charge is 2.19. The average Bonchev–Trinajstić information content (AvgIpc) is 2.71. The van der Waals surface area contributed by atoms with E-state index >= 15 is 0 Å². The summed E-state index contributed by atoms with van der Waals surface area (Å²) >= 11 is 0. The van der Waals surface area contributed by atoms with Gasteiger partial charge in [0.1, 0.15) is 6.33 Å². The van der Waals surface area contributed by atoms with Crippen molar-refractivity contribution in [1.29, 1.82) is 0 Å². The van der Waals surface area contributed by atoms with Crippen LogP contribution in [0.2, 0.25) is 0 Å². The SMILES string of the molecule is CC(C)n1ncn(C2CCNC2)c1=O. The Kier molecular flexibility index (Phi) is 2.41. The average molecular weight is 196 g/mol. The molecule has 78 valence electrons. The summed E-state index contributed by atoms with van der Waals surface area (Å²) in [5, 5.41) is 7.34. The van der Waals surface area contributed by atoms with Crippen LogP contribution in [0, 0.1) is 0 Å². The van der Waals surface area contributed by atoms with Crippen LogP contribution in [0.5, 0.6) is 0 Å². The standard InChI is InChI=1S/C9H16N4O/c1-7(2)13-9(14)12(6-11-13)8-3-4-10-5-8/h6-8,10H,3-5H2,1-2H3. The fraction of sp³-hybridized carbons (Fsp3) is 0.778. The highest BCUT2D eigenvalue weighted by Crippen LogP contribution is 2.11. The van der Waals surface area contributed by atoms with Crippen molar-refractivity contribution in [2.24, 2.45) is 0 Å². The summed E-state index contributed by atoms with van der Waals surface area (Å²) in [5.41, 5.74) is 0.00806. The Morgan fingerprint density at radius 2 is 2.43 bits per heavy atom. The van der Waals surface area contributed by atoms with Gasteiger partial charge >= 0.3 is 5.69 Å². The molecule has 0 spiro atoms. The molecule has 1 N–H and O–H groups in total. The van der Waals surface area contributed by atoms with Crippen molar-refractivity contribution in [1.82, 2.24) is 19.7 Å². The molecule has 5 nitrogen and oxygen atoms in total. The van der Waals surface area contributed by atoms with Gasteiger partial charge in [-0.1, -0.05) is 0 Å². The third-order valence-corrected chi connectivity index (χ3v) is 2.63. The molecule has 0 bridgehead atoms. The van der Waals surface area contributed by atoms with Gasteiger partial charge < -0.3 is 5.32 Å². The monoisotopic (exact) mass is 196 g/mol. The number of rotatable bonds is 2. The largest absolute Gasteiger partial charge is 0.346 e. The number of nitrogens with one attached hydrogen (secondary N) is 1. The number of hydrogen-bond donors (Lipinski definition) is 1. The Labute approximate surface area is 82.7 Å². The van der Waals surface area contributed by atoms with Gasteiger partial charge in [-0.15, -0.1) is 0 Å². The van der Waals surface area contributed by atoms with E-state index in [1.165, 1.54) is 4.68 Å². The van der Waals surface area contributed by atoms with Crippen LogP contribution in [0.25, 0.3) is 0 Å². The summed E-state index contributed by atoms with van der Waals surface area (Å²) in [6, 6.07) is 0.424. The first kappa shape index (κ1) is 9.45. The molecule has 1 aromatic heterocycles. The van der Waals surface area contributed by atoms with Gasteiger partial charge in [-0.2, -0.15) is 5.10 Å². The summed E-state index contributed by atoms with van der Waals surface area (Å²) in [6.45, 7) is 5.80. The molecule has 1 aliphatic rings. The first-order valence-corrected chi connectivity index (χ1v) is 5.06. The van der Waals surface area contributed by atoms with Crippen molar-refractivity contribution in [3.8, 4) is 0 Å². The molecule has 5 heteroatoms. The second kappa shape index (κ2) is 3.57. The molecule has 0 amide bonds. The van der Waals surface area contributed by atoms with Crippen LogP contribution < -0.4 is 11.0 Å². The van der Waals surface area contributed by atoms with E-state index < -0.39 is 0 Å². The van der Waals surface area contributed by atoms with Crippen LogP contribution in [-0.2, 0) is 0 Å². The fourth-order valence-corrected chi connectivity index (χ4v) is 1.81. The van der Waals surface area contributed by atoms with Crippen LogP contribution in [0.1, 0.15) is 32.4 Å². The van der Waals surface area contributed by atoms with E-state index in [-0.39, 0.29) is 17.8 Å². The molecule has 0 aliphatic carbocycles. The summed E-state index contributed by atoms with van der Waals surface area (Å²) < 4.78 is 3.26. The van der Waals surface area contributed by atoms with Crippen molar-refractivity contribution < 1.29 is 0 Å². The molecule has 14 heavy (non-hydrogen) atoms. The van der Waals surface area contributed by atoms with Crippen LogP contribution in [0.3, 0.4) is 0 Å². The second-order valence-electron chi connectivity index (χ2n) is 4.01. The molecule has 2 heterocycles. The van der Waals surface area contributed by atoms with Crippen LogP contribution in [0.15, 0.2) is 11.1 Å². The molecule has 1 atom stereocenters. The quantitative estimate of drug-likeness (QED) is 0.733. The number of aromatic nitrogens is 3. The second-order valence-corrected chi connectivity index (χ2v) is 4.01. The van der Waals surface area contributed by atoms with Gasteiger partial charge in [-0.25, -0.2) is 9.48 Å². The lowest BCUT2D eigenvalue weighted by atomic mass is 10.3. The topological polar surface area (TPSA) is 51.9 Å². The molecule has 1 aliphatic heterocycles. The predicted molar refractivity (Wildman–Crippen MR) is 53.4 cm³/mol. The van der Waals surface area contributed by atoms with Crippen molar-refractivity contribution >= 4 is 0 Å². The maximum atomic E-state index is 11.8. The minimum atomic E-state index is 0.00806. The molecular formula is C9H16N4O. The smallest absolute Gasteiger partial charge is 0.315 e. The zero-order chi connectivity index (χ0) is 10.1. The van der Waals surface area contributed by atoms with E-state index in [4.69, 9.17) is 0 Å². The van der Waals surface area contributed by atoms with E-state index in [1.807, 2.05) is 13.8 Å². The Morgan fingerprint density at radius 1 is 1.64 bits per heavy atom. The molecule has 0 aromatic carbocycles. The van der Waals surface area contributed by atoms with Gasteiger partial charge in [0.25, 0.3) is 0 Å². The molecule has 1 saturated heterocycles. The van der Waals surface area contributed by atoms with Crippen molar-refractivity contribution in [2.45, 2.75) is 32.4 Å². The third-order valence-electron chi connectivity index (χ3n) is 2.63. The molecular weight excluding hydrogens is 180 g/mol. The molecule has 1 unspecified atom stereocenters. The zero-order valence-electron chi connectivity index (χ0n) is 8.60. The first-order chi connectivity index (χ1) is 6.70. The summed E-state index contributed by atoms with van der Waals surface area (Å²) in [4.78, 5) is 11.8. The minimum absolute atomic E-state index is 0.00806. The number of hydrogen-bond acceptors (Lipinski definition) is 3. The third kappa shape index (κ3) is 1.48. The van der Waals surface area contributed by atoms with Crippen molar-refractivity contribution in [3.63, 3.8) is 0 Å². The Balaban J connectivity index is 2.31. The highest BCUT2D eigenvalue weighted by molar-refractivity contribution is 4.82. The van der Waals surface area contributed by atoms with E-state index in [0.29, 0.717) is 0 Å². The normalized spacial score (nSPS) is 22.1. The maximum Gasteiger partial charge on any atom is 0.346 e. The van der Waals surface area contributed by atoms with Crippen molar-refractivity contribution in [2.75, 3.05) is 13.1 Å². The predicted octanol–water partition coefficient (Wildman–Crippen LogP) is 0.160. The lowest BCUT2D eigenvalue weighted by molar-refractivity contribution is 0.479. The van der Waals surface area contributed by atoms with Gasteiger partial charge in [0.15, 0.2) is 0 Å². The van der Waals surface area contributed by atoms with Crippen LogP contribution >= 0.6 is 0 Å². The molecule has 2 rings (SSSR count). The lowest BCUT2D eigenvalue weighted by Crippen LogP contribution is -2.29. The number of nitrogens with zero attached hydrogens (tertiary/aromatic N) is 3. The van der Waals surface area contributed by atoms with Crippen molar-refractivity contribution in [3.05, 3.63) is 16.8 Å². The van der Waals surface area contributed by atoms with Gasteiger partial charge in [0.05, 0.1) is 12.1 Å². The maximum absolute atomic E-state index is 11.8. The molecule has 1 aromatic rings. The fourth-order valence-electron chi connectivity index (χ4n) is 1.81. The minimum Gasteiger partial charge on any atom is -0.315 e. The van der Waals surface area contributed by atoms with E-state index in [1.54, 1.807) is 10.9 Å². The molecule has 0 saturated carbocycles. The molecule has 0 radical (unpaired) electrons. The lowest BCUT2D eigenvalue weighted by Gasteiger charge is -2.07. The van der Waals surface area contributed by atoms with Gasteiger partial charge in [-0.05, 0) is 26.8 Å². The summed E-state index contributed by atoms with van der Waals surface area (Å²) in [5.74, 6) is 0.